The van der Waals surface area contributed by atoms with E-state index in [-0.39, 0.29) is 6.04 Å². The van der Waals surface area contributed by atoms with Crippen molar-refractivity contribution in [1.29, 1.82) is 0 Å². The SMILES string of the molecule is CCNC(Cc1ncnn1C)c1coc2ccccc12. The zero-order valence-corrected chi connectivity index (χ0v) is 11.7. The molecule has 1 unspecified atom stereocenters. The second-order valence-electron chi connectivity index (χ2n) is 4.80. The summed E-state index contributed by atoms with van der Waals surface area (Å²) in [7, 11) is 1.92. The molecule has 0 bridgehead atoms. The zero-order valence-electron chi connectivity index (χ0n) is 11.7. The van der Waals surface area contributed by atoms with Gasteiger partial charge in [-0.25, -0.2) is 4.98 Å². The third kappa shape index (κ3) is 2.32. The van der Waals surface area contributed by atoms with Crippen LogP contribution in [-0.4, -0.2) is 21.3 Å². The quantitative estimate of drug-likeness (QED) is 0.773. The topological polar surface area (TPSA) is 55.9 Å². The van der Waals surface area contributed by atoms with Gasteiger partial charge >= 0.3 is 0 Å². The van der Waals surface area contributed by atoms with Gasteiger partial charge < -0.3 is 9.73 Å². The van der Waals surface area contributed by atoms with E-state index in [0.717, 1.165) is 29.8 Å². The number of aryl methyl sites for hydroxylation is 1. The predicted molar refractivity (Wildman–Crippen MR) is 77.3 cm³/mol. The van der Waals surface area contributed by atoms with Gasteiger partial charge in [0.15, 0.2) is 0 Å². The van der Waals surface area contributed by atoms with Gasteiger partial charge in [-0.15, -0.1) is 0 Å². The summed E-state index contributed by atoms with van der Waals surface area (Å²) >= 11 is 0. The lowest BCUT2D eigenvalue weighted by Crippen LogP contribution is -2.24. The van der Waals surface area contributed by atoms with E-state index in [1.54, 1.807) is 6.33 Å². The number of hydrogen-bond acceptors (Lipinski definition) is 4. The summed E-state index contributed by atoms with van der Waals surface area (Å²) in [6, 6.07) is 8.28. The Kier molecular flexibility index (Phi) is 3.52. The normalized spacial score (nSPS) is 12.9. The molecule has 2 aromatic heterocycles. The van der Waals surface area contributed by atoms with Crippen molar-refractivity contribution in [2.45, 2.75) is 19.4 Å². The number of fused-ring (bicyclic) bond motifs is 1. The second-order valence-corrected chi connectivity index (χ2v) is 4.80. The monoisotopic (exact) mass is 270 g/mol. The summed E-state index contributed by atoms with van der Waals surface area (Å²) in [5.41, 5.74) is 2.09. The number of hydrogen-bond donors (Lipinski definition) is 1. The lowest BCUT2D eigenvalue weighted by atomic mass is 10.0. The maximum absolute atomic E-state index is 5.64. The molecule has 2 heterocycles. The lowest BCUT2D eigenvalue weighted by Gasteiger charge is -2.16. The molecule has 5 heteroatoms. The highest BCUT2D eigenvalue weighted by Crippen LogP contribution is 2.28. The van der Waals surface area contributed by atoms with Crippen molar-refractivity contribution in [3.8, 4) is 0 Å². The summed E-state index contributed by atoms with van der Waals surface area (Å²) < 4.78 is 7.46. The molecule has 20 heavy (non-hydrogen) atoms. The van der Waals surface area contributed by atoms with E-state index >= 15 is 0 Å². The number of nitrogens with one attached hydrogen (secondary N) is 1. The molecule has 0 radical (unpaired) electrons. The van der Waals surface area contributed by atoms with Gasteiger partial charge in [0.1, 0.15) is 17.7 Å². The van der Waals surface area contributed by atoms with Gasteiger partial charge in [-0.2, -0.15) is 5.10 Å². The van der Waals surface area contributed by atoms with Crippen LogP contribution in [0.1, 0.15) is 24.4 Å². The minimum absolute atomic E-state index is 0.173. The van der Waals surface area contributed by atoms with Crippen LogP contribution in [0.4, 0.5) is 0 Å². The van der Waals surface area contributed by atoms with Crippen molar-refractivity contribution in [2.24, 2.45) is 7.05 Å². The number of likely N-dealkylation sites (N-methyl/N-ethyl adjacent to an activating group) is 1. The molecule has 0 saturated heterocycles. The summed E-state index contributed by atoms with van der Waals surface area (Å²) in [5, 5.41) is 8.78. The van der Waals surface area contributed by atoms with E-state index in [4.69, 9.17) is 4.42 Å². The Morgan fingerprint density at radius 3 is 2.95 bits per heavy atom. The van der Waals surface area contributed by atoms with Crippen molar-refractivity contribution >= 4 is 11.0 Å². The highest BCUT2D eigenvalue weighted by Gasteiger charge is 2.18. The lowest BCUT2D eigenvalue weighted by molar-refractivity contribution is 0.513. The van der Waals surface area contributed by atoms with E-state index in [2.05, 4.69) is 28.4 Å². The van der Waals surface area contributed by atoms with Crippen LogP contribution in [0.3, 0.4) is 0 Å². The predicted octanol–water partition coefficient (Wildman–Crippen LogP) is 2.45. The summed E-state index contributed by atoms with van der Waals surface area (Å²) in [6.07, 6.45) is 4.22. The van der Waals surface area contributed by atoms with Crippen LogP contribution in [0.15, 0.2) is 41.3 Å². The average Bonchev–Trinajstić information content (AvgIpc) is 3.05. The first-order valence-corrected chi connectivity index (χ1v) is 6.82. The Morgan fingerprint density at radius 2 is 2.20 bits per heavy atom. The van der Waals surface area contributed by atoms with Gasteiger partial charge in [0.25, 0.3) is 0 Å². The van der Waals surface area contributed by atoms with Gasteiger partial charge in [-0.3, -0.25) is 4.68 Å². The minimum Gasteiger partial charge on any atom is -0.464 e. The summed E-state index contributed by atoms with van der Waals surface area (Å²) in [4.78, 5) is 4.31. The fraction of sp³-hybridized carbons (Fsp3) is 0.333. The van der Waals surface area contributed by atoms with Crippen LogP contribution < -0.4 is 5.32 Å². The van der Waals surface area contributed by atoms with Crippen molar-refractivity contribution in [2.75, 3.05) is 6.54 Å². The van der Waals surface area contributed by atoms with Gasteiger partial charge in [-0.05, 0) is 12.6 Å². The third-order valence-electron chi connectivity index (χ3n) is 3.53. The number of aromatic nitrogens is 3. The smallest absolute Gasteiger partial charge is 0.138 e. The summed E-state index contributed by atoms with van der Waals surface area (Å²) in [6.45, 7) is 2.99. The fourth-order valence-electron chi connectivity index (χ4n) is 2.49. The number of benzene rings is 1. The number of rotatable bonds is 5. The Labute approximate surface area is 117 Å². The molecule has 1 N–H and O–H groups in total. The molecule has 0 saturated carbocycles. The molecule has 5 nitrogen and oxygen atoms in total. The van der Waals surface area contributed by atoms with Crippen molar-refractivity contribution in [3.05, 3.63) is 48.2 Å². The van der Waals surface area contributed by atoms with Gasteiger partial charge in [0.2, 0.25) is 0 Å². The van der Waals surface area contributed by atoms with Crippen LogP contribution in [0.2, 0.25) is 0 Å². The van der Waals surface area contributed by atoms with Crippen molar-refractivity contribution < 1.29 is 4.42 Å². The van der Waals surface area contributed by atoms with Crippen LogP contribution in [0.25, 0.3) is 11.0 Å². The van der Waals surface area contributed by atoms with Crippen molar-refractivity contribution in [1.82, 2.24) is 20.1 Å². The van der Waals surface area contributed by atoms with Gasteiger partial charge in [-0.1, -0.05) is 25.1 Å². The van der Waals surface area contributed by atoms with Crippen molar-refractivity contribution in [3.63, 3.8) is 0 Å². The first kappa shape index (κ1) is 12.9. The van der Waals surface area contributed by atoms with E-state index in [1.807, 2.05) is 36.2 Å². The molecule has 0 aliphatic rings. The van der Waals surface area contributed by atoms with Crippen LogP contribution in [0, 0.1) is 0 Å². The third-order valence-corrected chi connectivity index (χ3v) is 3.53. The fourth-order valence-corrected chi connectivity index (χ4v) is 2.49. The van der Waals surface area contributed by atoms with Crippen LogP contribution >= 0.6 is 0 Å². The Balaban J connectivity index is 1.96. The molecule has 1 atom stereocenters. The maximum Gasteiger partial charge on any atom is 0.138 e. The van der Waals surface area contributed by atoms with Crippen LogP contribution in [0.5, 0.6) is 0 Å². The molecule has 0 amide bonds. The molecule has 1 aromatic carbocycles. The molecule has 0 aliphatic heterocycles. The van der Waals surface area contributed by atoms with Crippen LogP contribution in [-0.2, 0) is 13.5 Å². The Hall–Kier alpha value is -2.14. The minimum atomic E-state index is 0.173. The summed E-state index contributed by atoms with van der Waals surface area (Å²) in [5.74, 6) is 0.959. The molecule has 104 valence electrons. The molecule has 0 fully saturated rings. The Morgan fingerprint density at radius 1 is 1.35 bits per heavy atom. The zero-order chi connectivity index (χ0) is 13.9. The highest BCUT2D eigenvalue weighted by atomic mass is 16.3. The maximum atomic E-state index is 5.64. The number of nitrogens with zero attached hydrogens (tertiary/aromatic N) is 3. The molecule has 0 aliphatic carbocycles. The number of para-hydroxylation sites is 1. The molecule has 3 rings (SSSR count). The second kappa shape index (κ2) is 5.46. The largest absolute Gasteiger partial charge is 0.464 e. The molecule has 3 aromatic rings. The van der Waals surface area contributed by atoms with E-state index in [0.29, 0.717) is 0 Å². The Bertz CT molecular complexity index is 701. The van der Waals surface area contributed by atoms with E-state index in [9.17, 15) is 0 Å². The van der Waals surface area contributed by atoms with E-state index < -0.39 is 0 Å². The van der Waals surface area contributed by atoms with Gasteiger partial charge in [0, 0.05) is 30.5 Å². The standard InChI is InChI=1S/C15H18N4O/c1-3-16-13(8-15-17-10-18-19(15)2)12-9-20-14-7-5-4-6-11(12)14/h4-7,9-10,13,16H,3,8H2,1-2H3. The molecular weight excluding hydrogens is 252 g/mol. The number of furan rings is 1. The van der Waals surface area contributed by atoms with E-state index in [1.165, 1.54) is 5.56 Å². The highest BCUT2D eigenvalue weighted by molar-refractivity contribution is 5.81. The molecular formula is C15H18N4O. The average molecular weight is 270 g/mol. The first-order chi connectivity index (χ1) is 9.79. The first-order valence-electron chi connectivity index (χ1n) is 6.82. The molecule has 0 spiro atoms. The van der Waals surface area contributed by atoms with Gasteiger partial charge in [0.05, 0.1) is 6.26 Å².